The third kappa shape index (κ3) is 4.69. The number of hydrogen-bond acceptors (Lipinski definition) is 7. The Labute approximate surface area is 186 Å². The van der Waals surface area contributed by atoms with Crippen molar-refractivity contribution in [3.05, 3.63) is 75.1 Å². The number of allylic oxidation sites excluding steroid dienone is 1. The fourth-order valence-electron chi connectivity index (χ4n) is 3.20. The molecule has 8 heteroatoms. The molecule has 1 aliphatic heterocycles. The number of ether oxygens (including phenoxy) is 3. The normalized spacial score (nSPS) is 13.8. The Kier molecular flexibility index (Phi) is 5.90. The van der Waals surface area contributed by atoms with Gasteiger partial charge in [0.1, 0.15) is 17.3 Å². The van der Waals surface area contributed by atoms with Gasteiger partial charge in [0.15, 0.2) is 5.76 Å². The van der Waals surface area contributed by atoms with E-state index in [0.29, 0.717) is 40.7 Å². The van der Waals surface area contributed by atoms with E-state index in [9.17, 15) is 9.59 Å². The molecule has 0 unspecified atom stereocenters. The van der Waals surface area contributed by atoms with Gasteiger partial charge in [0, 0.05) is 23.0 Å². The van der Waals surface area contributed by atoms with Crippen molar-refractivity contribution < 1.29 is 28.3 Å². The first-order valence-corrected chi connectivity index (χ1v) is 10.3. The molecule has 158 valence electrons. The highest BCUT2D eigenvalue weighted by molar-refractivity contribution is 9.10. The van der Waals surface area contributed by atoms with Crippen LogP contribution in [0, 0.1) is 6.92 Å². The van der Waals surface area contributed by atoms with Crippen LogP contribution in [0.2, 0.25) is 0 Å². The largest absolute Gasteiger partial charge is 0.479 e. The van der Waals surface area contributed by atoms with Crippen LogP contribution < -0.4 is 14.2 Å². The molecule has 0 saturated carbocycles. The van der Waals surface area contributed by atoms with Gasteiger partial charge in [-0.1, -0.05) is 28.1 Å². The lowest BCUT2D eigenvalue weighted by atomic mass is 10.0. The predicted octanol–water partition coefficient (Wildman–Crippen LogP) is 4.91. The van der Waals surface area contributed by atoms with Gasteiger partial charge in [0.2, 0.25) is 5.78 Å². The molecule has 0 radical (unpaired) electrons. The Balaban J connectivity index is 1.46. The summed E-state index contributed by atoms with van der Waals surface area (Å²) >= 11 is 3.41. The van der Waals surface area contributed by atoms with E-state index in [0.717, 1.165) is 10.0 Å². The first kappa shape index (κ1) is 20.9. The lowest BCUT2D eigenvalue weighted by Gasteiger charge is -2.07. The van der Waals surface area contributed by atoms with Crippen molar-refractivity contribution in [1.29, 1.82) is 0 Å². The molecule has 7 nitrogen and oxygen atoms in total. The number of Topliss-reactive ketones (excluding diaryl/α,β-unsaturated/α-hetero) is 1. The van der Waals surface area contributed by atoms with Gasteiger partial charge in [-0.15, -0.1) is 0 Å². The second-order valence-corrected chi connectivity index (χ2v) is 7.83. The number of carbonyl (C=O) groups excluding carboxylic acids is 2. The van der Waals surface area contributed by atoms with E-state index in [1.54, 1.807) is 31.2 Å². The average molecular weight is 484 g/mol. The summed E-state index contributed by atoms with van der Waals surface area (Å²) in [4.78, 5) is 25.0. The summed E-state index contributed by atoms with van der Waals surface area (Å²) < 4.78 is 22.1. The quantitative estimate of drug-likeness (QED) is 0.279. The molecular formula is C23H18BrNO6. The minimum atomic E-state index is -0.441. The van der Waals surface area contributed by atoms with Crippen molar-refractivity contribution in [2.75, 3.05) is 7.11 Å². The molecule has 2 aromatic carbocycles. The SMILES string of the molecule is COc1cc(CCC(=O)Oc2cc(C)c3c(c2)O/C(=C\c2cccc(Br)c2)C3=O)on1. The molecule has 0 aliphatic carbocycles. The number of methoxy groups -OCH3 is 1. The molecule has 0 amide bonds. The van der Waals surface area contributed by atoms with Gasteiger partial charge in [-0.05, 0) is 47.5 Å². The van der Waals surface area contributed by atoms with Crippen molar-refractivity contribution in [2.24, 2.45) is 0 Å². The number of aromatic nitrogens is 1. The molecule has 31 heavy (non-hydrogen) atoms. The van der Waals surface area contributed by atoms with Crippen molar-refractivity contribution in [3.63, 3.8) is 0 Å². The van der Waals surface area contributed by atoms with Gasteiger partial charge in [-0.25, -0.2) is 0 Å². The van der Waals surface area contributed by atoms with E-state index in [4.69, 9.17) is 18.7 Å². The van der Waals surface area contributed by atoms with Crippen LogP contribution in [-0.4, -0.2) is 24.0 Å². The van der Waals surface area contributed by atoms with Crippen molar-refractivity contribution in [1.82, 2.24) is 5.16 Å². The minimum absolute atomic E-state index is 0.0995. The van der Waals surface area contributed by atoms with Crippen LogP contribution in [0.1, 0.15) is 33.7 Å². The van der Waals surface area contributed by atoms with E-state index in [1.807, 2.05) is 24.3 Å². The van der Waals surface area contributed by atoms with Crippen LogP contribution in [-0.2, 0) is 11.2 Å². The van der Waals surface area contributed by atoms with Crippen LogP contribution in [0.5, 0.6) is 17.4 Å². The highest BCUT2D eigenvalue weighted by Gasteiger charge is 2.30. The van der Waals surface area contributed by atoms with Crippen LogP contribution in [0.3, 0.4) is 0 Å². The lowest BCUT2D eigenvalue weighted by molar-refractivity contribution is -0.134. The minimum Gasteiger partial charge on any atom is -0.479 e. The molecule has 0 fully saturated rings. The van der Waals surface area contributed by atoms with Crippen LogP contribution in [0.25, 0.3) is 6.08 Å². The number of nitrogens with zero attached hydrogens (tertiary/aromatic N) is 1. The maximum absolute atomic E-state index is 12.8. The number of carbonyl (C=O) groups is 2. The third-order valence-corrected chi connectivity index (χ3v) is 5.14. The number of esters is 1. The van der Waals surface area contributed by atoms with Crippen molar-refractivity contribution in [2.45, 2.75) is 19.8 Å². The summed E-state index contributed by atoms with van der Waals surface area (Å²) in [6.07, 6.45) is 2.11. The number of halogens is 1. The Morgan fingerprint density at radius 2 is 2.06 bits per heavy atom. The van der Waals surface area contributed by atoms with E-state index in [1.165, 1.54) is 7.11 Å². The van der Waals surface area contributed by atoms with E-state index >= 15 is 0 Å². The number of hydrogen-bond donors (Lipinski definition) is 0. The summed E-state index contributed by atoms with van der Waals surface area (Å²) in [6, 6.07) is 12.4. The molecule has 0 N–H and O–H groups in total. The van der Waals surface area contributed by atoms with Crippen LogP contribution in [0.15, 0.2) is 57.2 Å². The monoisotopic (exact) mass is 483 g/mol. The average Bonchev–Trinajstić information content (AvgIpc) is 3.31. The van der Waals surface area contributed by atoms with Gasteiger partial charge in [-0.2, -0.15) is 0 Å². The summed E-state index contributed by atoms with van der Waals surface area (Å²) in [5.74, 6) is 1.13. The number of benzene rings is 2. The third-order valence-electron chi connectivity index (χ3n) is 4.64. The number of rotatable bonds is 6. The Morgan fingerprint density at radius 3 is 2.81 bits per heavy atom. The predicted molar refractivity (Wildman–Crippen MR) is 115 cm³/mol. The number of ketones is 1. The number of fused-ring (bicyclic) bond motifs is 1. The second kappa shape index (κ2) is 8.77. The van der Waals surface area contributed by atoms with Crippen LogP contribution >= 0.6 is 15.9 Å². The Morgan fingerprint density at radius 1 is 1.23 bits per heavy atom. The zero-order chi connectivity index (χ0) is 22.0. The summed E-state index contributed by atoms with van der Waals surface area (Å²) in [7, 11) is 1.48. The standard InChI is InChI=1S/C23H18BrNO6/c1-13-8-17(29-21(26)7-6-16-12-20(28-2)25-31-16)11-18-22(13)23(27)19(30-18)10-14-4-3-5-15(24)9-14/h3-5,8-12H,6-7H2,1-2H3/b19-10-. The first-order valence-electron chi connectivity index (χ1n) is 9.47. The van der Waals surface area contributed by atoms with Gasteiger partial charge in [-0.3, -0.25) is 9.59 Å². The van der Waals surface area contributed by atoms with Gasteiger partial charge in [0.05, 0.1) is 19.1 Å². The summed E-state index contributed by atoms with van der Waals surface area (Å²) in [6.45, 7) is 1.78. The van der Waals surface area contributed by atoms with Crippen molar-refractivity contribution in [3.8, 4) is 17.4 Å². The Hall–Kier alpha value is -3.39. The number of aryl methyl sites for hydroxylation is 2. The molecule has 2 heterocycles. The molecule has 0 atom stereocenters. The molecule has 0 saturated heterocycles. The maximum Gasteiger partial charge on any atom is 0.311 e. The molecular weight excluding hydrogens is 466 g/mol. The molecule has 1 aromatic heterocycles. The first-order chi connectivity index (χ1) is 14.9. The van der Waals surface area contributed by atoms with E-state index < -0.39 is 5.97 Å². The molecule has 4 rings (SSSR count). The zero-order valence-corrected chi connectivity index (χ0v) is 18.4. The fourth-order valence-corrected chi connectivity index (χ4v) is 3.62. The zero-order valence-electron chi connectivity index (χ0n) is 16.8. The van der Waals surface area contributed by atoms with Crippen molar-refractivity contribution >= 4 is 33.8 Å². The topological polar surface area (TPSA) is 87.9 Å². The molecule has 3 aromatic rings. The van der Waals surface area contributed by atoms with Crippen LogP contribution in [0.4, 0.5) is 0 Å². The highest BCUT2D eigenvalue weighted by atomic mass is 79.9. The smallest absolute Gasteiger partial charge is 0.311 e. The van der Waals surface area contributed by atoms with E-state index in [-0.39, 0.29) is 18.0 Å². The molecule has 1 aliphatic rings. The van der Waals surface area contributed by atoms with Gasteiger partial charge >= 0.3 is 5.97 Å². The fraction of sp³-hybridized carbons (Fsp3) is 0.174. The molecule has 0 spiro atoms. The lowest BCUT2D eigenvalue weighted by Crippen LogP contribution is -2.09. The highest BCUT2D eigenvalue weighted by Crippen LogP contribution is 2.37. The van der Waals surface area contributed by atoms with Gasteiger partial charge < -0.3 is 18.7 Å². The van der Waals surface area contributed by atoms with E-state index in [2.05, 4.69) is 21.1 Å². The maximum atomic E-state index is 12.8. The molecule has 0 bridgehead atoms. The Bertz CT molecular complexity index is 1200. The second-order valence-electron chi connectivity index (χ2n) is 6.92. The summed E-state index contributed by atoms with van der Waals surface area (Å²) in [5, 5.41) is 3.69. The van der Waals surface area contributed by atoms with Gasteiger partial charge in [0.25, 0.3) is 5.88 Å². The summed E-state index contributed by atoms with van der Waals surface area (Å²) in [5.41, 5.74) is 1.97.